The van der Waals surface area contributed by atoms with E-state index >= 15 is 0 Å². The molecule has 166 valence electrons. The lowest BCUT2D eigenvalue weighted by Gasteiger charge is -2.27. The van der Waals surface area contributed by atoms with Crippen molar-refractivity contribution in [3.05, 3.63) is 71.3 Å². The van der Waals surface area contributed by atoms with Crippen LogP contribution in [0.5, 0.6) is 5.75 Å². The number of benzene rings is 2. The number of hydrogen-bond acceptors (Lipinski definition) is 5. The number of aryl methyl sites for hydroxylation is 1. The number of morpholine rings is 1. The molecule has 32 heavy (non-hydrogen) atoms. The molecule has 0 unspecified atom stereocenters. The first kappa shape index (κ1) is 22.0. The third kappa shape index (κ3) is 4.84. The van der Waals surface area contributed by atoms with Gasteiger partial charge < -0.3 is 19.7 Å². The van der Waals surface area contributed by atoms with Gasteiger partial charge in [-0.2, -0.15) is 0 Å². The minimum absolute atomic E-state index is 0.0839. The Kier molecular flexibility index (Phi) is 6.87. The number of nitrogens with zero attached hydrogens (tertiary/aromatic N) is 1. The van der Waals surface area contributed by atoms with Crippen LogP contribution in [0.4, 0.5) is 5.00 Å². The van der Waals surface area contributed by atoms with Gasteiger partial charge in [-0.3, -0.25) is 9.59 Å². The molecule has 0 saturated carbocycles. The first-order chi connectivity index (χ1) is 15.5. The normalized spacial score (nSPS) is 13.6. The second-order valence-corrected chi connectivity index (χ2v) is 8.65. The molecular formula is C25H26N2O4S. The number of carbonyl (C=O) groups is 2. The van der Waals surface area contributed by atoms with Crippen molar-refractivity contribution in [3.63, 3.8) is 0 Å². The maximum atomic E-state index is 13.4. The number of ether oxygens (including phenoxy) is 2. The zero-order valence-corrected chi connectivity index (χ0v) is 19.0. The van der Waals surface area contributed by atoms with Gasteiger partial charge in [-0.15, -0.1) is 11.3 Å². The maximum Gasteiger partial charge on any atom is 0.262 e. The molecule has 0 spiro atoms. The summed E-state index contributed by atoms with van der Waals surface area (Å²) in [6.45, 7) is 5.86. The van der Waals surface area contributed by atoms with Crippen molar-refractivity contribution < 1.29 is 19.1 Å². The quantitative estimate of drug-likeness (QED) is 0.600. The number of hydrogen-bond donors (Lipinski definition) is 1. The van der Waals surface area contributed by atoms with Crippen LogP contribution in [0.3, 0.4) is 0 Å². The molecule has 0 bridgehead atoms. The summed E-state index contributed by atoms with van der Waals surface area (Å²) in [6, 6.07) is 17.5. The van der Waals surface area contributed by atoms with Gasteiger partial charge in [0.05, 0.1) is 18.8 Å². The SMILES string of the molecule is Cc1ccccc1OCC(=O)Nc1sc(-c2ccccc2)c(C)c1C(=O)N1CCOCC1. The van der Waals surface area contributed by atoms with E-state index in [2.05, 4.69) is 5.32 Å². The van der Waals surface area contributed by atoms with Gasteiger partial charge in [-0.25, -0.2) is 0 Å². The molecule has 2 heterocycles. The average Bonchev–Trinajstić information content (AvgIpc) is 3.14. The van der Waals surface area contributed by atoms with Gasteiger partial charge >= 0.3 is 0 Å². The van der Waals surface area contributed by atoms with Gasteiger partial charge in [0.15, 0.2) is 6.61 Å². The van der Waals surface area contributed by atoms with E-state index in [9.17, 15) is 9.59 Å². The van der Waals surface area contributed by atoms with Crippen molar-refractivity contribution in [3.8, 4) is 16.2 Å². The van der Waals surface area contributed by atoms with Crippen LogP contribution in [-0.2, 0) is 9.53 Å². The fourth-order valence-corrected chi connectivity index (χ4v) is 4.89. The van der Waals surface area contributed by atoms with Gasteiger partial charge in [-0.1, -0.05) is 48.5 Å². The van der Waals surface area contributed by atoms with E-state index in [0.29, 0.717) is 42.6 Å². The minimum atomic E-state index is -0.301. The zero-order chi connectivity index (χ0) is 22.5. The van der Waals surface area contributed by atoms with Crippen molar-refractivity contribution in [1.82, 2.24) is 4.90 Å². The number of para-hydroxylation sites is 1. The monoisotopic (exact) mass is 450 g/mol. The molecule has 3 aromatic rings. The van der Waals surface area contributed by atoms with E-state index < -0.39 is 0 Å². The largest absolute Gasteiger partial charge is 0.483 e. The molecule has 6 nitrogen and oxygen atoms in total. The van der Waals surface area contributed by atoms with Crippen LogP contribution >= 0.6 is 11.3 Å². The van der Waals surface area contributed by atoms with Crippen molar-refractivity contribution in [2.75, 3.05) is 38.2 Å². The van der Waals surface area contributed by atoms with E-state index in [1.807, 2.05) is 68.4 Å². The number of rotatable bonds is 6. The second-order valence-electron chi connectivity index (χ2n) is 7.63. The molecule has 0 aliphatic carbocycles. The molecule has 0 radical (unpaired) electrons. The molecular weight excluding hydrogens is 424 g/mol. The smallest absolute Gasteiger partial charge is 0.262 e. The summed E-state index contributed by atoms with van der Waals surface area (Å²) in [5.74, 6) is 0.282. The molecule has 1 aromatic heterocycles. The molecule has 2 amide bonds. The van der Waals surface area contributed by atoms with Crippen LogP contribution in [0, 0.1) is 13.8 Å². The van der Waals surface area contributed by atoms with Crippen LogP contribution in [-0.4, -0.2) is 49.6 Å². The average molecular weight is 451 g/mol. The third-order valence-corrected chi connectivity index (χ3v) is 6.66. The van der Waals surface area contributed by atoms with E-state index in [-0.39, 0.29) is 18.4 Å². The second kappa shape index (κ2) is 9.97. The highest BCUT2D eigenvalue weighted by Crippen LogP contribution is 2.40. The number of carbonyl (C=O) groups excluding carboxylic acids is 2. The van der Waals surface area contributed by atoms with Gasteiger partial charge in [-0.05, 0) is 36.6 Å². The van der Waals surface area contributed by atoms with Crippen molar-refractivity contribution in [2.24, 2.45) is 0 Å². The summed E-state index contributed by atoms with van der Waals surface area (Å²) in [5.41, 5.74) is 3.39. The maximum absolute atomic E-state index is 13.4. The van der Waals surface area contributed by atoms with Gasteiger partial charge in [0.25, 0.3) is 11.8 Å². The lowest BCUT2D eigenvalue weighted by Crippen LogP contribution is -2.41. The van der Waals surface area contributed by atoms with Crippen LogP contribution in [0.1, 0.15) is 21.5 Å². The van der Waals surface area contributed by atoms with E-state index in [4.69, 9.17) is 9.47 Å². The van der Waals surface area contributed by atoms with E-state index in [1.54, 1.807) is 4.90 Å². The molecule has 2 aromatic carbocycles. The summed E-state index contributed by atoms with van der Waals surface area (Å²) in [4.78, 5) is 28.9. The molecule has 1 aliphatic rings. The summed E-state index contributed by atoms with van der Waals surface area (Å²) < 4.78 is 11.1. The number of amides is 2. The topological polar surface area (TPSA) is 67.9 Å². The van der Waals surface area contributed by atoms with Gasteiger partial charge in [0.1, 0.15) is 10.8 Å². The van der Waals surface area contributed by atoms with Crippen molar-refractivity contribution >= 4 is 28.2 Å². The molecule has 1 N–H and O–H groups in total. The Balaban J connectivity index is 1.60. The summed E-state index contributed by atoms with van der Waals surface area (Å²) in [5, 5.41) is 3.48. The van der Waals surface area contributed by atoms with E-state index in [1.165, 1.54) is 11.3 Å². The molecule has 7 heteroatoms. The first-order valence-corrected chi connectivity index (χ1v) is 11.4. The number of nitrogens with one attached hydrogen (secondary N) is 1. The van der Waals surface area contributed by atoms with Crippen LogP contribution in [0.2, 0.25) is 0 Å². The van der Waals surface area contributed by atoms with E-state index in [0.717, 1.165) is 21.6 Å². The molecule has 1 saturated heterocycles. The van der Waals surface area contributed by atoms with Crippen molar-refractivity contribution in [1.29, 1.82) is 0 Å². The zero-order valence-electron chi connectivity index (χ0n) is 18.2. The summed E-state index contributed by atoms with van der Waals surface area (Å²) >= 11 is 1.42. The molecule has 1 fully saturated rings. The first-order valence-electron chi connectivity index (χ1n) is 10.6. The lowest BCUT2D eigenvalue weighted by molar-refractivity contribution is -0.118. The van der Waals surface area contributed by atoms with Gasteiger partial charge in [0, 0.05) is 18.0 Å². The predicted octanol–water partition coefficient (Wildman–Crippen LogP) is 4.52. The Morgan fingerprint density at radius 1 is 1.03 bits per heavy atom. The Morgan fingerprint density at radius 2 is 1.72 bits per heavy atom. The van der Waals surface area contributed by atoms with Gasteiger partial charge in [0.2, 0.25) is 0 Å². The standard InChI is InChI=1S/C25H26N2O4S/c1-17-8-6-7-11-20(17)31-16-21(28)26-24-22(25(29)27-12-14-30-15-13-27)18(2)23(32-24)19-9-4-3-5-10-19/h3-11H,12-16H2,1-2H3,(H,26,28). The van der Waals surface area contributed by atoms with Crippen LogP contribution in [0.25, 0.3) is 10.4 Å². The fourth-order valence-electron chi connectivity index (χ4n) is 3.67. The molecule has 4 rings (SSSR count). The third-order valence-electron chi connectivity index (χ3n) is 5.40. The fraction of sp³-hybridized carbons (Fsp3) is 0.280. The molecule has 1 aliphatic heterocycles. The molecule has 0 atom stereocenters. The summed E-state index contributed by atoms with van der Waals surface area (Å²) in [7, 11) is 0. The Labute approximate surface area is 191 Å². The highest BCUT2D eigenvalue weighted by molar-refractivity contribution is 7.20. The Bertz CT molecular complexity index is 1100. The Hall–Kier alpha value is -3.16. The lowest BCUT2D eigenvalue weighted by atomic mass is 10.1. The highest BCUT2D eigenvalue weighted by atomic mass is 32.1. The predicted molar refractivity (Wildman–Crippen MR) is 127 cm³/mol. The van der Waals surface area contributed by atoms with Crippen molar-refractivity contribution in [2.45, 2.75) is 13.8 Å². The number of anilines is 1. The van der Waals surface area contributed by atoms with Crippen LogP contribution < -0.4 is 10.1 Å². The van der Waals surface area contributed by atoms with Crippen LogP contribution in [0.15, 0.2) is 54.6 Å². The summed E-state index contributed by atoms with van der Waals surface area (Å²) in [6.07, 6.45) is 0. The highest BCUT2D eigenvalue weighted by Gasteiger charge is 2.28. The number of thiophene rings is 1. The minimum Gasteiger partial charge on any atom is -0.483 e. The Morgan fingerprint density at radius 3 is 2.44 bits per heavy atom.